The lowest BCUT2D eigenvalue weighted by molar-refractivity contribution is 0.480. The van der Waals surface area contributed by atoms with Crippen LogP contribution in [0.15, 0.2) is 0 Å². The first-order valence-electron chi connectivity index (χ1n) is 2.04. The summed E-state index contributed by atoms with van der Waals surface area (Å²) in [6, 6.07) is 0. The second kappa shape index (κ2) is 2.52. The van der Waals surface area contributed by atoms with Gasteiger partial charge in [0.25, 0.3) is 0 Å². The van der Waals surface area contributed by atoms with Gasteiger partial charge in [0.05, 0.1) is 0 Å². The Kier molecular flexibility index (Phi) is 2.60. The van der Waals surface area contributed by atoms with E-state index in [1.54, 1.807) is 0 Å². The van der Waals surface area contributed by atoms with Crippen LogP contribution < -0.4 is 4.72 Å². The summed E-state index contributed by atoms with van der Waals surface area (Å²) in [6.45, 7) is 2.41. The molecule has 7 heavy (non-hydrogen) atoms. The maximum atomic E-state index is 8.55. The Bertz CT molecular complexity index is 51.4. The average Bonchev–Trinajstić information content (AvgIpc) is 1.30. The van der Waals surface area contributed by atoms with Crippen molar-refractivity contribution in [1.82, 2.24) is 4.72 Å². The third kappa shape index (κ3) is 6.23. The Morgan fingerprint density at radius 3 is 2.00 bits per heavy atom. The van der Waals surface area contributed by atoms with Crippen LogP contribution in [0.3, 0.4) is 0 Å². The van der Waals surface area contributed by atoms with E-state index in [-0.39, 0.29) is 0 Å². The van der Waals surface area contributed by atoms with Gasteiger partial charge in [-0.05, 0) is 0 Å². The molecule has 0 radical (unpaired) electrons. The molecule has 0 saturated heterocycles. The van der Waals surface area contributed by atoms with Gasteiger partial charge < -0.3 is 0 Å². The quantitative estimate of drug-likeness (QED) is 0.513. The molecule has 0 unspecified atom stereocenters. The van der Waals surface area contributed by atoms with E-state index in [0.29, 0.717) is 6.54 Å². The average molecular weight is 125 g/mol. The number of rotatable bonds is 2. The SMILES string of the molecule is CCNS(C)(O)O. The number of hydrogen-bond donors (Lipinski definition) is 3. The van der Waals surface area contributed by atoms with Crippen molar-refractivity contribution >= 4 is 10.8 Å². The molecule has 0 bridgehead atoms. The molecule has 0 aromatic carbocycles. The lowest BCUT2D eigenvalue weighted by Crippen LogP contribution is -2.17. The fourth-order valence-electron chi connectivity index (χ4n) is 0.273. The van der Waals surface area contributed by atoms with Crippen molar-refractivity contribution in [2.75, 3.05) is 12.8 Å². The Hall–Kier alpha value is 0.230. The fourth-order valence-corrected chi connectivity index (χ4v) is 0.820. The molecule has 0 amide bonds. The van der Waals surface area contributed by atoms with Crippen LogP contribution in [0.1, 0.15) is 6.92 Å². The third-order valence-corrected chi connectivity index (χ3v) is 1.25. The largest absolute Gasteiger partial charge is 0.286 e. The molecule has 4 heteroatoms. The molecule has 0 fully saturated rings. The summed E-state index contributed by atoms with van der Waals surface area (Å²) in [7, 11) is -2.42. The van der Waals surface area contributed by atoms with Gasteiger partial charge in [0, 0.05) is 12.8 Å². The van der Waals surface area contributed by atoms with E-state index in [1.807, 2.05) is 6.92 Å². The second-order valence-electron chi connectivity index (χ2n) is 1.33. The van der Waals surface area contributed by atoms with E-state index >= 15 is 0 Å². The Balaban J connectivity index is 3.15. The minimum atomic E-state index is -2.42. The first-order valence-corrected chi connectivity index (χ1v) is 3.99. The van der Waals surface area contributed by atoms with E-state index in [4.69, 9.17) is 9.11 Å². The van der Waals surface area contributed by atoms with Gasteiger partial charge in [-0.25, -0.2) is 4.72 Å². The molecule has 0 aliphatic heterocycles. The molecule has 0 heterocycles. The molecule has 0 aliphatic rings. The summed E-state index contributed by atoms with van der Waals surface area (Å²) in [6.07, 6.45) is 1.36. The molecule has 0 saturated carbocycles. The van der Waals surface area contributed by atoms with Crippen LogP contribution in [-0.2, 0) is 0 Å². The van der Waals surface area contributed by atoms with Gasteiger partial charge in [0.1, 0.15) is 0 Å². The van der Waals surface area contributed by atoms with Crippen molar-refractivity contribution in [3.8, 4) is 0 Å². The van der Waals surface area contributed by atoms with Gasteiger partial charge >= 0.3 is 0 Å². The Morgan fingerprint density at radius 2 is 2.00 bits per heavy atom. The van der Waals surface area contributed by atoms with Gasteiger partial charge in [-0.1, -0.05) is 6.92 Å². The summed E-state index contributed by atoms with van der Waals surface area (Å²) >= 11 is 0. The standard InChI is InChI=1S/C3H11NO2S/c1-3-4-7(2,5)6/h4-6H,3H2,1-2H3. The molecule has 46 valence electrons. The minimum absolute atomic E-state index is 0.596. The van der Waals surface area contributed by atoms with Crippen molar-refractivity contribution in [3.63, 3.8) is 0 Å². The molecule has 0 aromatic heterocycles. The predicted octanol–water partition coefficient (Wildman–Crippen LogP) is 0.891. The van der Waals surface area contributed by atoms with Crippen molar-refractivity contribution in [3.05, 3.63) is 0 Å². The second-order valence-corrected chi connectivity index (χ2v) is 3.29. The third-order valence-electron chi connectivity index (χ3n) is 0.418. The zero-order chi connectivity index (χ0) is 5.91. The van der Waals surface area contributed by atoms with Crippen LogP contribution in [0.4, 0.5) is 0 Å². The summed E-state index contributed by atoms with van der Waals surface area (Å²) < 4.78 is 19.6. The molecule has 0 spiro atoms. The zero-order valence-electron chi connectivity index (χ0n) is 4.51. The Morgan fingerprint density at radius 1 is 1.57 bits per heavy atom. The van der Waals surface area contributed by atoms with E-state index in [2.05, 4.69) is 4.72 Å². The summed E-state index contributed by atoms with van der Waals surface area (Å²) in [5.41, 5.74) is 0. The number of nitrogens with one attached hydrogen (secondary N) is 1. The lowest BCUT2D eigenvalue weighted by atomic mass is 10.8. The van der Waals surface area contributed by atoms with E-state index in [0.717, 1.165) is 0 Å². The van der Waals surface area contributed by atoms with Crippen LogP contribution >= 0.6 is 10.8 Å². The first kappa shape index (κ1) is 7.23. The van der Waals surface area contributed by atoms with Crippen LogP contribution in [0.5, 0.6) is 0 Å². The lowest BCUT2D eigenvalue weighted by Gasteiger charge is -2.26. The molecular formula is C3H11NO2S. The molecular weight excluding hydrogens is 114 g/mol. The topological polar surface area (TPSA) is 52.5 Å². The highest BCUT2D eigenvalue weighted by Gasteiger charge is 1.95. The van der Waals surface area contributed by atoms with Gasteiger partial charge in [-0.3, -0.25) is 9.11 Å². The fraction of sp³-hybridized carbons (Fsp3) is 1.00. The number of hydrogen-bond acceptors (Lipinski definition) is 3. The van der Waals surface area contributed by atoms with Crippen molar-refractivity contribution in [2.24, 2.45) is 0 Å². The summed E-state index contributed by atoms with van der Waals surface area (Å²) in [4.78, 5) is 0. The van der Waals surface area contributed by atoms with Gasteiger partial charge in [0.2, 0.25) is 0 Å². The molecule has 0 aliphatic carbocycles. The van der Waals surface area contributed by atoms with E-state index < -0.39 is 10.8 Å². The van der Waals surface area contributed by atoms with Crippen LogP contribution in [0.2, 0.25) is 0 Å². The molecule has 0 atom stereocenters. The Labute approximate surface area is 45.2 Å². The highest BCUT2D eigenvalue weighted by atomic mass is 32.3. The van der Waals surface area contributed by atoms with E-state index in [9.17, 15) is 0 Å². The highest BCUT2D eigenvalue weighted by molar-refractivity contribution is 8.22. The zero-order valence-corrected chi connectivity index (χ0v) is 5.33. The first-order chi connectivity index (χ1) is 3.06. The summed E-state index contributed by atoms with van der Waals surface area (Å²) in [5, 5.41) is 0. The van der Waals surface area contributed by atoms with Crippen molar-refractivity contribution < 1.29 is 9.11 Å². The maximum absolute atomic E-state index is 8.55. The normalized spacial score (nSPS) is 14.3. The van der Waals surface area contributed by atoms with Gasteiger partial charge in [0.15, 0.2) is 0 Å². The van der Waals surface area contributed by atoms with Gasteiger partial charge in [-0.2, -0.15) is 0 Å². The highest BCUT2D eigenvalue weighted by Crippen LogP contribution is 2.25. The molecule has 3 N–H and O–H groups in total. The van der Waals surface area contributed by atoms with Crippen LogP contribution in [0.25, 0.3) is 0 Å². The van der Waals surface area contributed by atoms with Crippen LogP contribution in [0, 0.1) is 0 Å². The predicted molar refractivity (Wildman–Crippen MR) is 32.4 cm³/mol. The monoisotopic (exact) mass is 125 g/mol. The molecule has 0 aromatic rings. The summed E-state index contributed by atoms with van der Waals surface area (Å²) in [5.74, 6) is 0. The molecule has 0 rings (SSSR count). The maximum Gasteiger partial charge on any atom is 0.0416 e. The van der Waals surface area contributed by atoms with Crippen LogP contribution in [-0.4, -0.2) is 21.9 Å². The molecule has 3 nitrogen and oxygen atoms in total. The van der Waals surface area contributed by atoms with Crippen molar-refractivity contribution in [1.29, 1.82) is 0 Å². The smallest absolute Gasteiger partial charge is 0.0416 e. The van der Waals surface area contributed by atoms with Crippen molar-refractivity contribution in [2.45, 2.75) is 6.92 Å². The van der Waals surface area contributed by atoms with Gasteiger partial charge in [-0.15, -0.1) is 10.8 Å². The minimum Gasteiger partial charge on any atom is -0.286 e. The van der Waals surface area contributed by atoms with E-state index in [1.165, 1.54) is 6.26 Å².